The fourth-order valence-corrected chi connectivity index (χ4v) is 2.69. The van der Waals surface area contributed by atoms with Crippen LogP contribution in [0.1, 0.15) is 17.4 Å². The Morgan fingerprint density at radius 2 is 2.07 bits per heavy atom. The molecule has 1 aliphatic heterocycles. The topological polar surface area (TPSA) is 126 Å². The van der Waals surface area contributed by atoms with Gasteiger partial charge in [-0.25, -0.2) is 4.79 Å². The first kappa shape index (κ1) is 21.8. The first-order chi connectivity index (χ1) is 12.9. The molecular formula is C18H22ClN3O6. The molecule has 152 valence electrons. The Balaban J connectivity index is 0.00000280. The summed E-state index contributed by atoms with van der Waals surface area (Å²) < 4.78 is 17.4. The summed E-state index contributed by atoms with van der Waals surface area (Å²) in [6.07, 6.45) is 0.233. The van der Waals surface area contributed by atoms with Crippen molar-refractivity contribution in [3.63, 3.8) is 0 Å². The molecule has 0 saturated carbocycles. The predicted octanol–water partition coefficient (Wildman–Crippen LogP) is 0.252. The summed E-state index contributed by atoms with van der Waals surface area (Å²) in [7, 11) is 0. The van der Waals surface area contributed by atoms with E-state index in [1.54, 1.807) is 6.92 Å². The fraction of sp³-hybridized carbons (Fsp3) is 0.389. The van der Waals surface area contributed by atoms with Crippen molar-refractivity contribution in [3.8, 4) is 0 Å². The molecule has 2 heterocycles. The Morgan fingerprint density at radius 1 is 1.36 bits per heavy atom. The van der Waals surface area contributed by atoms with Crippen molar-refractivity contribution in [2.24, 2.45) is 5.73 Å². The zero-order chi connectivity index (χ0) is 19.4. The number of aryl methyl sites for hydroxylation is 1. The van der Waals surface area contributed by atoms with Gasteiger partial charge in [0.2, 0.25) is 0 Å². The quantitative estimate of drug-likeness (QED) is 0.652. The van der Waals surface area contributed by atoms with Gasteiger partial charge in [-0.15, -0.1) is 12.4 Å². The smallest absolute Gasteiger partial charge is 0.330 e. The Hall–Kier alpha value is -2.46. The molecule has 3 N–H and O–H groups in total. The van der Waals surface area contributed by atoms with Gasteiger partial charge in [-0.3, -0.25) is 19.1 Å². The number of hydrogen-bond donors (Lipinski definition) is 2. The molecule has 0 aliphatic carbocycles. The first-order valence-corrected chi connectivity index (χ1v) is 8.49. The van der Waals surface area contributed by atoms with E-state index in [-0.39, 0.29) is 25.6 Å². The van der Waals surface area contributed by atoms with Crippen LogP contribution in [-0.4, -0.2) is 41.1 Å². The van der Waals surface area contributed by atoms with E-state index in [0.29, 0.717) is 12.0 Å². The van der Waals surface area contributed by atoms with Gasteiger partial charge in [-0.2, -0.15) is 0 Å². The van der Waals surface area contributed by atoms with Gasteiger partial charge in [0.05, 0.1) is 6.61 Å². The standard InChI is InChI=1S/C18H21N3O6.ClH/c1-11-8-21(18(24)20-16(11)22)14-9-25-15(27-14)10-26-17(23)13(19)7-12-5-3-2-4-6-12;/h2-6,8,13-15H,7,9-10,19H2,1H3,(H,20,22,24);1H/t13-,14+,15+;/m0./s1. The summed E-state index contributed by atoms with van der Waals surface area (Å²) in [5.74, 6) is -0.563. The van der Waals surface area contributed by atoms with Gasteiger partial charge < -0.3 is 19.9 Å². The highest BCUT2D eigenvalue weighted by Crippen LogP contribution is 2.19. The van der Waals surface area contributed by atoms with Crippen molar-refractivity contribution >= 4 is 18.4 Å². The minimum atomic E-state index is -0.818. The molecule has 2 aromatic rings. The SMILES string of the molecule is Cc1cn([C@H]2CO[C@@H](COC(=O)[C@@H](N)Cc3ccccc3)O2)c(=O)[nH]c1=O.Cl. The number of H-pyrrole nitrogens is 1. The van der Waals surface area contributed by atoms with Crippen LogP contribution in [0.15, 0.2) is 46.1 Å². The number of nitrogens with zero attached hydrogens (tertiary/aromatic N) is 1. The zero-order valence-electron chi connectivity index (χ0n) is 15.2. The number of nitrogens with one attached hydrogen (secondary N) is 1. The van der Waals surface area contributed by atoms with Crippen LogP contribution in [0.2, 0.25) is 0 Å². The van der Waals surface area contributed by atoms with Crippen LogP contribution in [0.4, 0.5) is 0 Å². The van der Waals surface area contributed by atoms with Crippen molar-refractivity contribution in [2.75, 3.05) is 13.2 Å². The average molecular weight is 412 g/mol. The second-order valence-electron chi connectivity index (χ2n) is 6.26. The van der Waals surface area contributed by atoms with Gasteiger partial charge in [0.15, 0.2) is 12.5 Å². The molecule has 0 amide bonds. The van der Waals surface area contributed by atoms with Crippen LogP contribution in [0.25, 0.3) is 0 Å². The Kier molecular flexibility index (Phi) is 7.53. The van der Waals surface area contributed by atoms with E-state index in [1.165, 1.54) is 10.8 Å². The lowest BCUT2D eigenvalue weighted by molar-refractivity contribution is -0.160. The van der Waals surface area contributed by atoms with Gasteiger partial charge in [-0.1, -0.05) is 30.3 Å². The lowest BCUT2D eigenvalue weighted by atomic mass is 10.1. The number of aromatic amines is 1. The number of carbonyl (C=O) groups excluding carboxylic acids is 1. The van der Waals surface area contributed by atoms with Crippen molar-refractivity contribution in [1.82, 2.24) is 9.55 Å². The van der Waals surface area contributed by atoms with Crippen molar-refractivity contribution in [1.29, 1.82) is 0 Å². The molecule has 0 bridgehead atoms. The number of esters is 1. The maximum absolute atomic E-state index is 12.0. The predicted molar refractivity (Wildman–Crippen MR) is 102 cm³/mol. The molecule has 1 saturated heterocycles. The number of nitrogens with two attached hydrogens (primary N) is 1. The van der Waals surface area contributed by atoms with E-state index in [1.807, 2.05) is 30.3 Å². The molecule has 3 atom stereocenters. The first-order valence-electron chi connectivity index (χ1n) is 8.49. The van der Waals surface area contributed by atoms with E-state index >= 15 is 0 Å². The maximum Gasteiger partial charge on any atom is 0.330 e. The van der Waals surface area contributed by atoms with Crippen LogP contribution in [0.5, 0.6) is 0 Å². The number of halogens is 1. The summed E-state index contributed by atoms with van der Waals surface area (Å²) in [6, 6.07) is 8.58. The van der Waals surface area contributed by atoms with Crippen LogP contribution in [0.3, 0.4) is 0 Å². The Labute approximate surface area is 166 Å². The van der Waals surface area contributed by atoms with E-state index < -0.39 is 35.8 Å². The van der Waals surface area contributed by atoms with Crippen molar-refractivity contribution in [3.05, 3.63) is 68.5 Å². The van der Waals surface area contributed by atoms with Gasteiger partial charge in [0.1, 0.15) is 12.6 Å². The van der Waals surface area contributed by atoms with Crippen molar-refractivity contribution in [2.45, 2.75) is 31.9 Å². The molecule has 1 aromatic carbocycles. The summed E-state index contributed by atoms with van der Waals surface area (Å²) in [5, 5.41) is 0. The molecule has 28 heavy (non-hydrogen) atoms. The maximum atomic E-state index is 12.0. The average Bonchev–Trinajstić information content (AvgIpc) is 3.12. The summed E-state index contributed by atoms with van der Waals surface area (Å²) in [4.78, 5) is 37.6. The normalized spacial score (nSPS) is 19.6. The van der Waals surface area contributed by atoms with E-state index in [4.69, 9.17) is 19.9 Å². The van der Waals surface area contributed by atoms with Crippen LogP contribution >= 0.6 is 12.4 Å². The molecular weight excluding hydrogens is 390 g/mol. The molecule has 3 rings (SSSR count). The van der Waals surface area contributed by atoms with Crippen LogP contribution in [-0.2, 0) is 25.4 Å². The Morgan fingerprint density at radius 3 is 2.79 bits per heavy atom. The molecule has 0 spiro atoms. The van der Waals surface area contributed by atoms with Gasteiger partial charge >= 0.3 is 11.7 Å². The molecule has 9 nitrogen and oxygen atoms in total. The highest BCUT2D eigenvalue weighted by Gasteiger charge is 2.30. The van der Waals surface area contributed by atoms with Crippen molar-refractivity contribution < 1.29 is 19.0 Å². The number of rotatable bonds is 6. The third-order valence-corrected chi connectivity index (χ3v) is 4.15. The number of aromatic nitrogens is 2. The molecule has 0 unspecified atom stereocenters. The number of carbonyl (C=O) groups is 1. The van der Waals surface area contributed by atoms with Crippen LogP contribution in [0, 0.1) is 6.92 Å². The minimum absolute atomic E-state index is 0. The highest BCUT2D eigenvalue weighted by atomic mass is 35.5. The molecule has 10 heteroatoms. The number of benzene rings is 1. The minimum Gasteiger partial charge on any atom is -0.459 e. The Bertz CT molecular complexity index is 914. The van der Waals surface area contributed by atoms with Crippen LogP contribution < -0.4 is 17.0 Å². The number of hydrogen-bond acceptors (Lipinski definition) is 7. The lowest BCUT2D eigenvalue weighted by Gasteiger charge is -2.15. The summed E-state index contributed by atoms with van der Waals surface area (Å²) in [6.45, 7) is 1.52. The van der Waals surface area contributed by atoms with E-state index in [2.05, 4.69) is 4.98 Å². The molecule has 1 fully saturated rings. The van der Waals surface area contributed by atoms with E-state index in [0.717, 1.165) is 5.56 Å². The van der Waals surface area contributed by atoms with E-state index in [9.17, 15) is 14.4 Å². The molecule has 1 aromatic heterocycles. The highest BCUT2D eigenvalue weighted by molar-refractivity contribution is 5.85. The van der Waals surface area contributed by atoms with Gasteiger partial charge in [0, 0.05) is 11.8 Å². The second-order valence-corrected chi connectivity index (χ2v) is 6.26. The largest absolute Gasteiger partial charge is 0.459 e. The van der Waals surface area contributed by atoms with Gasteiger partial charge in [-0.05, 0) is 18.9 Å². The third-order valence-electron chi connectivity index (χ3n) is 4.15. The zero-order valence-corrected chi connectivity index (χ0v) is 16.0. The molecule has 1 aliphatic rings. The molecule has 0 radical (unpaired) electrons. The van der Waals surface area contributed by atoms with Gasteiger partial charge in [0.25, 0.3) is 5.56 Å². The number of ether oxygens (including phenoxy) is 3. The third kappa shape index (κ3) is 5.29. The second kappa shape index (κ2) is 9.65. The lowest BCUT2D eigenvalue weighted by Crippen LogP contribution is -2.36. The monoisotopic (exact) mass is 411 g/mol. The fourth-order valence-electron chi connectivity index (χ4n) is 2.69. The summed E-state index contributed by atoms with van der Waals surface area (Å²) >= 11 is 0. The summed E-state index contributed by atoms with van der Waals surface area (Å²) in [5.41, 5.74) is 6.13.